The van der Waals surface area contributed by atoms with E-state index in [4.69, 9.17) is 11.5 Å². The van der Waals surface area contributed by atoms with Crippen molar-refractivity contribution in [1.82, 2.24) is 10.3 Å². The highest BCUT2D eigenvalue weighted by atomic mass is 19.4. The Kier molecular flexibility index (Phi) is 7.62. The molecular formula is C29H32F3N7O2. The molecule has 12 heteroatoms. The predicted molar refractivity (Wildman–Crippen MR) is 151 cm³/mol. The van der Waals surface area contributed by atoms with E-state index in [0.29, 0.717) is 42.3 Å². The number of hydrogen-bond acceptors (Lipinski definition) is 6. The Morgan fingerprint density at radius 1 is 1.07 bits per heavy atom. The number of benzene rings is 2. The fourth-order valence-corrected chi connectivity index (χ4v) is 5.05. The molecule has 0 saturated carbocycles. The number of nitrogens with zero attached hydrogens (tertiary/aromatic N) is 3. The summed E-state index contributed by atoms with van der Waals surface area (Å²) in [5, 5.41) is 5.74. The van der Waals surface area contributed by atoms with Gasteiger partial charge < -0.3 is 27.0 Å². The van der Waals surface area contributed by atoms with Crippen molar-refractivity contribution in [2.24, 2.45) is 11.5 Å². The number of hydrogen-bond donors (Lipinski definition) is 4. The number of amides is 3. The zero-order chi connectivity index (χ0) is 29.4. The van der Waals surface area contributed by atoms with E-state index >= 15 is 0 Å². The van der Waals surface area contributed by atoms with E-state index in [-0.39, 0.29) is 24.4 Å². The third-order valence-corrected chi connectivity index (χ3v) is 7.24. The van der Waals surface area contributed by atoms with Crippen LogP contribution in [0.2, 0.25) is 0 Å². The van der Waals surface area contributed by atoms with Crippen LogP contribution in [0.5, 0.6) is 0 Å². The van der Waals surface area contributed by atoms with Crippen molar-refractivity contribution in [2.75, 3.05) is 28.2 Å². The van der Waals surface area contributed by atoms with Gasteiger partial charge in [-0.25, -0.2) is 9.78 Å². The summed E-state index contributed by atoms with van der Waals surface area (Å²) in [6.45, 7) is 3.38. The van der Waals surface area contributed by atoms with Crippen LogP contribution in [0.15, 0.2) is 60.7 Å². The Hall–Kier alpha value is -4.16. The maximum atomic E-state index is 13.5. The SMILES string of the molecule is CC(N)(N)CCC(=O)NCc1ccc(NC(=O)N2c3nc(-c4cccc(C(F)(F)F)c4)ccc3N3CC[C@H]2C3)cc1. The molecule has 2 bridgehead atoms. The third-order valence-electron chi connectivity index (χ3n) is 7.24. The molecule has 6 N–H and O–H groups in total. The van der Waals surface area contributed by atoms with Crippen molar-refractivity contribution in [2.45, 2.75) is 50.6 Å². The molecule has 3 aromatic rings. The van der Waals surface area contributed by atoms with Crippen LogP contribution in [0.1, 0.15) is 37.3 Å². The molecule has 5 rings (SSSR count). The molecule has 0 aliphatic carbocycles. The van der Waals surface area contributed by atoms with Crippen molar-refractivity contribution in [3.63, 3.8) is 0 Å². The first-order valence-electron chi connectivity index (χ1n) is 13.3. The number of urea groups is 1. The molecule has 2 aromatic carbocycles. The van der Waals surface area contributed by atoms with Crippen LogP contribution in [0.25, 0.3) is 11.3 Å². The smallest absolute Gasteiger partial charge is 0.366 e. The van der Waals surface area contributed by atoms with E-state index in [2.05, 4.69) is 20.5 Å². The average molecular weight is 568 g/mol. The fraction of sp³-hybridized carbons (Fsp3) is 0.345. The Morgan fingerprint density at radius 3 is 2.54 bits per heavy atom. The number of rotatable bonds is 7. The standard InChI is InChI=1S/C29H32F3N7O2/c1-28(33,34)13-11-25(40)35-16-18-5-7-21(8-6-18)36-27(41)39-22-12-14-38(17-22)24-10-9-23(37-26(24)39)19-3-2-4-20(15-19)29(30,31)32/h2-10,15,22H,11-14,16-17,33-34H2,1H3,(H,35,40)(H,36,41)/t22-/m0/s1. The van der Waals surface area contributed by atoms with E-state index in [1.165, 1.54) is 6.07 Å². The number of carbonyl (C=O) groups is 2. The highest BCUT2D eigenvalue weighted by Gasteiger charge is 2.40. The van der Waals surface area contributed by atoms with Crippen LogP contribution >= 0.6 is 0 Å². The number of alkyl halides is 3. The van der Waals surface area contributed by atoms with Gasteiger partial charge in [-0.05, 0) is 61.7 Å². The van der Waals surface area contributed by atoms with Gasteiger partial charge in [0.05, 0.1) is 28.6 Å². The van der Waals surface area contributed by atoms with Crippen molar-refractivity contribution in [3.8, 4) is 11.3 Å². The van der Waals surface area contributed by atoms with Gasteiger partial charge >= 0.3 is 12.2 Å². The Labute approximate surface area is 235 Å². The number of pyridine rings is 1. The van der Waals surface area contributed by atoms with E-state index in [1.807, 2.05) is 6.07 Å². The topological polar surface area (TPSA) is 130 Å². The molecular weight excluding hydrogens is 535 g/mol. The Bertz CT molecular complexity index is 1440. The lowest BCUT2D eigenvalue weighted by atomic mass is 10.1. The Balaban J connectivity index is 1.30. The van der Waals surface area contributed by atoms with Gasteiger partial charge in [0.15, 0.2) is 5.82 Å². The molecule has 41 heavy (non-hydrogen) atoms. The van der Waals surface area contributed by atoms with Crippen molar-refractivity contribution in [1.29, 1.82) is 0 Å². The number of fused-ring (bicyclic) bond motifs is 4. The number of carbonyl (C=O) groups excluding carboxylic acids is 2. The van der Waals surface area contributed by atoms with E-state index in [9.17, 15) is 22.8 Å². The van der Waals surface area contributed by atoms with Gasteiger partial charge in [-0.15, -0.1) is 0 Å². The molecule has 3 heterocycles. The second-order valence-electron chi connectivity index (χ2n) is 10.8. The molecule has 1 saturated heterocycles. The lowest BCUT2D eigenvalue weighted by molar-refractivity contribution is -0.137. The molecule has 216 valence electrons. The normalized spacial score (nSPS) is 16.4. The van der Waals surface area contributed by atoms with Crippen LogP contribution in [-0.2, 0) is 17.5 Å². The maximum Gasteiger partial charge on any atom is 0.416 e. The van der Waals surface area contributed by atoms with Crippen LogP contribution in [0.4, 0.5) is 35.2 Å². The van der Waals surface area contributed by atoms with Crippen LogP contribution in [-0.4, -0.2) is 41.7 Å². The van der Waals surface area contributed by atoms with Crippen molar-refractivity contribution >= 4 is 29.1 Å². The number of aromatic nitrogens is 1. The molecule has 2 aliphatic heterocycles. The first kappa shape index (κ1) is 28.4. The minimum absolute atomic E-state index is 0.120. The summed E-state index contributed by atoms with van der Waals surface area (Å²) in [4.78, 5) is 34.0. The first-order valence-corrected chi connectivity index (χ1v) is 13.3. The van der Waals surface area contributed by atoms with Crippen molar-refractivity contribution in [3.05, 3.63) is 71.8 Å². The zero-order valence-corrected chi connectivity index (χ0v) is 22.5. The van der Waals surface area contributed by atoms with Gasteiger partial charge in [-0.1, -0.05) is 24.3 Å². The van der Waals surface area contributed by atoms with E-state index < -0.39 is 17.4 Å². The molecule has 1 fully saturated rings. The van der Waals surface area contributed by atoms with Gasteiger partial charge in [0.25, 0.3) is 0 Å². The molecule has 9 nitrogen and oxygen atoms in total. The number of halogens is 3. The minimum Gasteiger partial charge on any atom is -0.366 e. The molecule has 0 spiro atoms. The van der Waals surface area contributed by atoms with E-state index in [1.54, 1.807) is 48.2 Å². The quantitative estimate of drug-likeness (QED) is 0.313. The summed E-state index contributed by atoms with van der Waals surface area (Å²) in [6.07, 6.45) is -3.15. The average Bonchev–Trinajstić information content (AvgIpc) is 3.34. The molecule has 1 atom stereocenters. The van der Waals surface area contributed by atoms with Crippen LogP contribution < -0.4 is 31.9 Å². The van der Waals surface area contributed by atoms with Crippen LogP contribution in [0.3, 0.4) is 0 Å². The van der Waals surface area contributed by atoms with Crippen LogP contribution in [0, 0.1) is 0 Å². The van der Waals surface area contributed by atoms with Gasteiger partial charge in [-0.3, -0.25) is 9.69 Å². The molecule has 1 aromatic heterocycles. The maximum absolute atomic E-state index is 13.5. The monoisotopic (exact) mass is 567 g/mol. The molecule has 0 radical (unpaired) electrons. The lowest BCUT2D eigenvalue weighted by Gasteiger charge is -2.36. The summed E-state index contributed by atoms with van der Waals surface area (Å²) in [5.41, 5.74) is 12.6. The predicted octanol–water partition coefficient (Wildman–Crippen LogP) is 4.43. The highest BCUT2D eigenvalue weighted by Crippen LogP contribution is 2.41. The molecule has 3 amide bonds. The van der Waals surface area contributed by atoms with Gasteiger partial charge in [0, 0.05) is 37.3 Å². The number of nitrogens with one attached hydrogen (secondary N) is 2. The third kappa shape index (κ3) is 6.60. The van der Waals surface area contributed by atoms with Gasteiger partial charge in [0.1, 0.15) is 0 Å². The number of nitrogens with two attached hydrogens (primary N) is 2. The summed E-state index contributed by atoms with van der Waals surface area (Å²) in [5.74, 6) is 0.257. The van der Waals surface area contributed by atoms with E-state index in [0.717, 1.165) is 36.3 Å². The summed E-state index contributed by atoms with van der Waals surface area (Å²) < 4.78 is 39.9. The first-order chi connectivity index (χ1) is 19.4. The largest absolute Gasteiger partial charge is 0.416 e. The van der Waals surface area contributed by atoms with Gasteiger partial charge in [-0.2, -0.15) is 13.2 Å². The minimum atomic E-state index is -4.47. The highest BCUT2D eigenvalue weighted by molar-refractivity contribution is 6.04. The summed E-state index contributed by atoms with van der Waals surface area (Å²) in [6, 6.07) is 15.1. The van der Waals surface area contributed by atoms with Gasteiger partial charge in [0.2, 0.25) is 5.91 Å². The second kappa shape index (κ2) is 11.0. The Morgan fingerprint density at radius 2 is 1.83 bits per heavy atom. The number of anilines is 3. The molecule has 2 aliphatic rings. The van der Waals surface area contributed by atoms with Crippen molar-refractivity contribution < 1.29 is 22.8 Å². The fourth-order valence-electron chi connectivity index (χ4n) is 5.05. The zero-order valence-electron chi connectivity index (χ0n) is 22.5. The summed E-state index contributed by atoms with van der Waals surface area (Å²) in [7, 11) is 0. The molecule has 0 unspecified atom stereocenters. The summed E-state index contributed by atoms with van der Waals surface area (Å²) >= 11 is 0. The lowest BCUT2D eigenvalue weighted by Crippen LogP contribution is -2.48. The second-order valence-corrected chi connectivity index (χ2v) is 10.8.